The molecule has 1 aliphatic heterocycles. The normalized spacial score (nSPS) is 24.2. The topological polar surface area (TPSA) is 54.0 Å². The van der Waals surface area contributed by atoms with Crippen molar-refractivity contribution in [1.82, 2.24) is 15.6 Å². The lowest BCUT2D eigenvalue weighted by Crippen LogP contribution is -2.34. The molecule has 5 heteroatoms. The van der Waals surface area contributed by atoms with Crippen molar-refractivity contribution in [3.63, 3.8) is 0 Å². The quantitative estimate of drug-likeness (QED) is 0.836. The van der Waals surface area contributed by atoms with Gasteiger partial charge in [-0.1, -0.05) is 23.8 Å². The third-order valence-corrected chi connectivity index (χ3v) is 4.71. The molecule has 0 saturated carbocycles. The van der Waals surface area contributed by atoms with Gasteiger partial charge in [0, 0.05) is 17.0 Å². The Balaban J connectivity index is 1.60. The largest absolute Gasteiger partial charge is 0.322 e. The Morgan fingerprint density at radius 2 is 2.30 bits per heavy atom. The Labute approximate surface area is 142 Å². The molecule has 1 saturated heterocycles. The van der Waals surface area contributed by atoms with E-state index in [1.165, 1.54) is 12.8 Å². The fourth-order valence-corrected chi connectivity index (χ4v) is 3.54. The molecule has 3 rings (SSSR count). The van der Waals surface area contributed by atoms with Crippen molar-refractivity contribution in [1.29, 1.82) is 0 Å². The van der Waals surface area contributed by atoms with Crippen molar-refractivity contribution in [3.05, 3.63) is 52.5 Å². The van der Waals surface area contributed by atoms with Gasteiger partial charge < -0.3 is 10.6 Å². The molecule has 1 aromatic heterocycles. The summed E-state index contributed by atoms with van der Waals surface area (Å²) < 4.78 is 0. The Bertz CT molecular complexity index is 627. The number of nitrogens with one attached hydrogen (secondary N) is 2. The summed E-state index contributed by atoms with van der Waals surface area (Å²) in [6.45, 7) is 4.06. The van der Waals surface area contributed by atoms with E-state index in [1.807, 2.05) is 13.0 Å². The Hall–Kier alpha value is -1.65. The maximum atomic E-state index is 12.3. The van der Waals surface area contributed by atoms with Crippen LogP contribution in [0.1, 0.15) is 35.3 Å². The van der Waals surface area contributed by atoms with Crippen molar-refractivity contribution in [2.75, 3.05) is 13.1 Å². The lowest BCUT2D eigenvalue weighted by atomic mass is 9.82. The standard InChI is InChI=1S/C18H22ClN3O/c1-12-9-15(10-17(19)21-12)18(23)22-16-6-4-13(5-7-16)14-3-2-8-20-11-14/h4,6-7,9-10,13-14,20H,2-3,5,8,11H2,1H3,(H,22,23)/t13?,14-/m1/s1. The molecule has 1 aromatic rings. The molecule has 4 nitrogen and oxygen atoms in total. The van der Waals surface area contributed by atoms with Gasteiger partial charge in [-0.15, -0.1) is 0 Å². The summed E-state index contributed by atoms with van der Waals surface area (Å²) in [5, 5.41) is 6.75. The average molecular weight is 332 g/mol. The summed E-state index contributed by atoms with van der Waals surface area (Å²) in [5.41, 5.74) is 2.14. The van der Waals surface area contributed by atoms with Crippen molar-refractivity contribution >= 4 is 17.5 Å². The van der Waals surface area contributed by atoms with E-state index in [9.17, 15) is 4.79 Å². The first-order valence-corrected chi connectivity index (χ1v) is 8.54. The molecule has 2 aliphatic rings. The predicted octanol–water partition coefficient (Wildman–Crippen LogP) is 3.23. The molecule has 1 amide bonds. The van der Waals surface area contributed by atoms with Crippen LogP contribution in [0.4, 0.5) is 0 Å². The Kier molecular flexibility index (Phi) is 5.13. The predicted molar refractivity (Wildman–Crippen MR) is 92.4 cm³/mol. The van der Waals surface area contributed by atoms with Gasteiger partial charge in [0.2, 0.25) is 0 Å². The molecule has 0 spiro atoms. The zero-order chi connectivity index (χ0) is 16.2. The van der Waals surface area contributed by atoms with Gasteiger partial charge in [-0.2, -0.15) is 0 Å². The number of allylic oxidation sites excluding steroid dienone is 3. The monoisotopic (exact) mass is 331 g/mol. The van der Waals surface area contributed by atoms with E-state index in [0.717, 1.165) is 30.9 Å². The number of halogens is 1. The minimum atomic E-state index is -0.147. The molecule has 23 heavy (non-hydrogen) atoms. The minimum absolute atomic E-state index is 0.147. The fourth-order valence-electron chi connectivity index (χ4n) is 3.29. The fraction of sp³-hybridized carbons (Fsp3) is 0.444. The SMILES string of the molecule is Cc1cc(C(=O)NC2=CCC([C@@H]3CCCNC3)C=C2)cc(Cl)n1. The highest BCUT2D eigenvalue weighted by Gasteiger charge is 2.22. The van der Waals surface area contributed by atoms with Crippen molar-refractivity contribution < 1.29 is 4.79 Å². The maximum absolute atomic E-state index is 12.3. The van der Waals surface area contributed by atoms with Crippen LogP contribution in [-0.2, 0) is 0 Å². The number of aromatic nitrogens is 1. The van der Waals surface area contributed by atoms with Crippen LogP contribution in [0, 0.1) is 18.8 Å². The van der Waals surface area contributed by atoms with Gasteiger partial charge in [-0.25, -0.2) is 4.98 Å². The number of pyridine rings is 1. The molecule has 1 unspecified atom stereocenters. The Morgan fingerprint density at radius 1 is 1.43 bits per heavy atom. The van der Waals surface area contributed by atoms with Crippen molar-refractivity contribution in [2.24, 2.45) is 11.8 Å². The van der Waals surface area contributed by atoms with Crippen LogP contribution in [0.2, 0.25) is 5.15 Å². The van der Waals surface area contributed by atoms with Crippen molar-refractivity contribution in [3.8, 4) is 0 Å². The molecule has 122 valence electrons. The van der Waals surface area contributed by atoms with Crippen LogP contribution in [0.5, 0.6) is 0 Å². The summed E-state index contributed by atoms with van der Waals surface area (Å²) in [4.78, 5) is 16.4. The minimum Gasteiger partial charge on any atom is -0.322 e. The second-order valence-corrected chi connectivity index (χ2v) is 6.69. The Morgan fingerprint density at radius 3 is 2.96 bits per heavy atom. The molecular formula is C18H22ClN3O. The number of piperidine rings is 1. The summed E-state index contributed by atoms with van der Waals surface area (Å²) in [5.74, 6) is 1.13. The van der Waals surface area contributed by atoms with Gasteiger partial charge in [-0.05, 0) is 69.3 Å². The zero-order valence-electron chi connectivity index (χ0n) is 13.3. The average Bonchev–Trinajstić information content (AvgIpc) is 2.55. The van der Waals surface area contributed by atoms with E-state index < -0.39 is 0 Å². The highest BCUT2D eigenvalue weighted by molar-refractivity contribution is 6.29. The molecule has 0 bridgehead atoms. The lowest BCUT2D eigenvalue weighted by Gasteiger charge is -2.30. The molecule has 1 aliphatic carbocycles. The highest BCUT2D eigenvalue weighted by atomic mass is 35.5. The molecule has 2 N–H and O–H groups in total. The van der Waals surface area contributed by atoms with E-state index in [2.05, 4.69) is 27.8 Å². The lowest BCUT2D eigenvalue weighted by molar-refractivity contribution is 0.0966. The number of nitrogens with zero attached hydrogens (tertiary/aromatic N) is 1. The third-order valence-electron chi connectivity index (χ3n) is 4.52. The van der Waals surface area contributed by atoms with Crippen LogP contribution < -0.4 is 10.6 Å². The summed E-state index contributed by atoms with van der Waals surface area (Å²) in [6, 6.07) is 3.33. The van der Waals surface area contributed by atoms with Gasteiger partial charge in [0.25, 0.3) is 5.91 Å². The van der Waals surface area contributed by atoms with Crippen LogP contribution in [0.15, 0.2) is 36.1 Å². The number of carbonyl (C=O) groups excluding carboxylic acids is 1. The first-order chi connectivity index (χ1) is 11.1. The van der Waals surface area contributed by atoms with E-state index in [-0.39, 0.29) is 5.91 Å². The number of hydrogen-bond acceptors (Lipinski definition) is 3. The van der Waals surface area contributed by atoms with E-state index >= 15 is 0 Å². The van der Waals surface area contributed by atoms with Crippen LogP contribution in [0.3, 0.4) is 0 Å². The molecule has 2 heterocycles. The van der Waals surface area contributed by atoms with Crippen LogP contribution >= 0.6 is 11.6 Å². The van der Waals surface area contributed by atoms with Gasteiger partial charge >= 0.3 is 0 Å². The second kappa shape index (κ2) is 7.28. The van der Waals surface area contributed by atoms with Gasteiger partial charge in [0.15, 0.2) is 0 Å². The number of rotatable bonds is 3. The van der Waals surface area contributed by atoms with Crippen LogP contribution in [0.25, 0.3) is 0 Å². The summed E-state index contributed by atoms with van der Waals surface area (Å²) >= 11 is 5.92. The summed E-state index contributed by atoms with van der Waals surface area (Å²) in [7, 11) is 0. The third kappa shape index (κ3) is 4.21. The number of hydrogen-bond donors (Lipinski definition) is 2. The molecule has 0 radical (unpaired) electrons. The number of carbonyl (C=O) groups is 1. The van der Waals surface area contributed by atoms with Crippen molar-refractivity contribution in [2.45, 2.75) is 26.2 Å². The van der Waals surface area contributed by atoms with E-state index in [4.69, 9.17) is 11.6 Å². The van der Waals surface area contributed by atoms with E-state index in [1.54, 1.807) is 12.1 Å². The van der Waals surface area contributed by atoms with Gasteiger partial charge in [0.1, 0.15) is 5.15 Å². The van der Waals surface area contributed by atoms with E-state index in [0.29, 0.717) is 22.6 Å². The molecular weight excluding hydrogens is 310 g/mol. The highest BCUT2D eigenvalue weighted by Crippen LogP contribution is 2.27. The summed E-state index contributed by atoms with van der Waals surface area (Å²) in [6.07, 6.45) is 9.90. The molecule has 0 aromatic carbocycles. The zero-order valence-corrected chi connectivity index (χ0v) is 14.1. The van der Waals surface area contributed by atoms with Crippen LogP contribution in [-0.4, -0.2) is 24.0 Å². The molecule has 1 fully saturated rings. The van der Waals surface area contributed by atoms with Gasteiger partial charge in [0.05, 0.1) is 0 Å². The second-order valence-electron chi connectivity index (χ2n) is 6.30. The van der Waals surface area contributed by atoms with Gasteiger partial charge in [-0.3, -0.25) is 4.79 Å². The molecule has 2 atom stereocenters. The number of amides is 1. The smallest absolute Gasteiger partial charge is 0.255 e. The first kappa shape index (κ1) is 16.2. The maximum Gasteiger partial charge on any atom is 0.255 e. The first-order valence-electron chi connectivity index (χ1n) is 8.16. The number of aryl methyl sites for hydroxylation is 1.